The third-order valence-electron chi connectivity index (χ3n) is 4.98. The molecule has 4 rings (SSSR count). The molecule has 1 atom stereocenters. The highest BCUT2D eigenvalue weighted by molar-refractivity contribution is 7.99. The van der Waals surface area contributed by atoms with Gasteiger partial charge in [-0.05, 0) is 48.4 Å². The number of hydrogen-bond donors (Lipinski definition) is 1. The molecule has 31 heavy (non-hydrogen) atoms. The molecule has 0 saturated carbocycles. The summed E-state index contributed by atoms with van der Waals surface area (Å²) < 4.78 is 5.72. The smallest absolute Gasteiger partial charge is 0.277 e. The molecule has 1 fully saturated rings. The molecule has 3 aromatic rings. The number of halogens is 1. The highest BCUT2D eigenvalue weighted by Crippen LogP contribution is 2.32. The Balaban J connectivity index is 1.32. The van der Waals surface area contributed by atoms with Crippen molar-refractivity contribution < 1.29 is 14.0 Å². The van der Waals surface area contributed by atoms with E-state index in [9.17, 15) is 9.59 Å². The molecule has 2 heterocycles. The zero-order valence-electron chi connectivity index (χ0n) is 16.9. The molecule has 1 saturated heterocycles. The highest BCUT2D eigenvalue weighted by atomic mass is 35.5. The lowest BCUT2D eigenvalue weighted by atomic mass is 10.1. The first kappa shape index (κ1) is 21.4. The van der Waals surface area contributed by atoms with Gasteiger partial charge >= 0.3 is 0 Å². The van der Waals surface area contributed by atoms with E-state index < -0.39 is 0 Å². The predicted molar refractivity (Wildman–Crippen MR) is 121 cm³/mol. The molecule has 1 N–H and O–H groups in total. The number of carbonyl (C=O) groups excluding carboxylic acids is 2. The quantitative estimate of drug-likeness (QED) is 0.525. The van der Waals surface area contributed by atoms with Gasteiger partial charge in [0.2, 0.25) is 17.7 Å². The van der Waals surface area contributed by atoms with Gasteiger partial charge in [0.15, 0.2) is 0 Å². The summed E-state index contributed by atoms with van der Waals surface area (Å²) in [5.74, 6) is 0.216. The fraction of sp³-hybridized carbons (Fsp3) is 0.273. The Bertz CT molecular complexity index is 1090. The van der Waals surface area contributed by atoms with E-state index >= 15 is 0 Å². The summed E-state index contributed by atoms with van der Waals surface area (Å²) in [6, 6.07) is 14.9. The molecule has 7 nitrogen and oxygen atoms in total. The van der Waals surface area contributed by atoms with Crippen LogP contribution in [0.5, 0.6) is 0 Å². The maximum absolute atomic E-state index is 12.4. The number of benzene rings is 2. The Labute approximate surface area is 189 Å². The van der Waals surface area contributed by atoms with Crippen molar-refractivity contribution in [3.8, 4) is 0 Å². The first-order chi connectivity index (χ1) is 15.0. The Morgan fingerprint density at radius 2 is 2.06 bits per heavy atom. The number of carbonyl (C=O) groups is 2. The minimum Gasteiger partial charge on any atom is -0.416 e. The van der Waals surface area contributed by atoms with Gasteiger partial charge in [-0.1, -0.05) is 42.4 Å². The molecule has 0 spiro atoms. The van der Waals surface area contributed by atoms with Crippen molar-refractivity contribution in [2.75, 3.05) is 22.5 Å². The molecule has 0 radical (unpaired) electrons. The van der Waals surface area contributed by atoms with Gasteiger partial charge in [-0.15, -0.1) is 10.2 Å². The number of nitrogens with zero attached hydrogens (tertiary/aromatic N) is 3. The zero-order valence-corrected chi connectivity index (χ0v) is 18.4. The fourth-order valence-corrected chi connectivity index (χ4v) is 4.08. The van der Waals surface area contributed by atoms with Crippen LogP contribution in [0.25, 0.3) is 0 Å². The number of hydrogen-bond acceptors (Lipinski definition) is 6. The standard InChI is InChI=1S/C22H21ClN4O3S/c1-2-14-4-3-5-17(10-14)24-19(28)13-31-22-26-25-21(30-22)15-11-20(29)27(12-15)18-8-6-16(23)7-9-18/h3-10,15H,2,11-13H2,1H3,(H,24,28)/t15-/m0/s1. The van der Waals surface area contributed by atoms with E-state index in [0.717, 1.165) is 23.4 Å². The van der Waals surface area contributed by atoms with Crippen molar-refractivity contribution in [1.29, 1.82) is 0 Å². The molecule has 9 heteroatoms. The summed E-state index contributed by atoms with van der Waals surface area (Å²) in [5.41, 5.74) is 2.71. The Kier molecular flexibility index (Phi) is 6.58. The summed E-state index contributed by atoms with van der Waals surface area (Å²) in [5, 5.41) is 11.9. The van der Waals surface area contributed by atoms with Gasteiger partial charge in [0.1, 0.15) is 0 Å². The largest absolute Gasteiger partial charge is 0.416 e. The number of rotatable bonds is 7. The zero-order chi connectivity index (χ0) is 21.8. The van der Waals surface area contributed by atoms with Crippen molar-refractivity contribution in [2.24, 2.45) is 0 Å². The van der Waals surface area contributed by atoms with E-state index in [2.05, 4.69) is 22.4 Å². The van der Waals surface area contributed by atoms with E-state index in [-0.39, 0.29) is 23.5 Å². The minimum absolute atomic E-state index is 0.00610. The summed E-state index contributed by atoms with van der Waals surface area (Å²) in [6.45, 7) is 2.53. The molecule has 1 aromatic heterocycles. The first-order valence-corrected chi connectivity index (χ1v) is 11.3. The molecular weight excluding hydrogens is 436 g/mol. The average molecular weight is 457 g/mol. The maximum atomic E-state index is 12.4. The van der Waals surface area contributed by atoms with E-state index in [1.54, 1.807) is 17.0 Å². The van der Waals surface area contributed by atoms with Crippen molar-refractivity contribution in [1.82, 2.24) is 10.2 Å². The van der Waals surface area contributed by atoms with E-state index in [4.69, 9.17) is 16.0 Å². The van der Waals surface area contributed by atoms with Gasteiger partial charge in [0.05, 0.1) is 11.7 Å². The van der Waals surface area contributed by atoms with Crippen LogP contribution in [-0.4, -0.2) is 34.3 Å². The number of anilines is 2. The Hall–Kier alpha value is -2.84. The molecular formula is C22H21ClN4O3S. The van der Waals surface area contributed by atoms with Gasteiger partial charge in [-0.3, -0.25) is 9.59 Å². The minimum atomic E-state index is -0.185. The van der Waals surface area contributed by atoms with Gasteiger partial charge in [0.25, 0.3) is 5.22 Å². The molecule has 0 aliphatic carbocycles. The van der Waals surface area contributed by atoms with Crippen molar-refractivity contribution in [3.63, 3.8) is 0 Å². The van der Waals surface area contributed by atoms with Crippen LogP contribution in [-0.2, 0) is 16.0 Å². The lowest BCUT2D eigenvalue weighted by Gasteiger charge is -2.15. The molecule has 0 unspecified atom stereocenters. The van der Waals surface area contributed by atoms with Crippen LogP contribution in [0.3, 0.4) is 0 Å². The van der Waals surface area contributed by atoms with Crippen molar-refractivity contribution >= 4 is 46.6 Å². The van der Waals surface area contributed by atoms with E-state index in [1.807, 2.05) is 36.4 Å². The van der Waals surface area contributed by atoms with Gasteiger partial charge in [-0.2, -0.15) is 0 Å². The number of thioether (sulfide) groups is 1. The van der Waals surface area contributed by atoms with Crippen LogP contribution in [0.1, 0.15) is 30.7 Å². The lowest BCUT2D eigenvalue weighted by molar-refractivity contribution is -0.117. The predicted octanol–water partition coefficient (Wildman–Crippen LogP) is 4.54. The third-order valence-corrected chi connectivity index (χ3v) is 6.05. The van der Waals surface area contributed by atoms with Gasteiger partial charge in [0, 0.05) is 29.4 Å². The van der Waals surface area contributed by atoms with Gasteiger partial charge in [-0.25, -0.2) is 0 Å². The summed E-state index contributed by atoms with van der Waals surface area (Å²) in [4.78, 5) is 26.4. The van der Waals surface area contributed by atoms with Crippen LogP contribution >= 0.6 is 23.4 Å². The van der Waals surface area contributed by atoms with Crippen LogP contribution < -0.4 is 10.2 Å². The van der Waals surface area contributed by atoms with Crippen LogP contribution in [0.2, 0.25) is 5.02 Å². The second-order valence-corrected chi connectivity index (χ2v) is 8.54. The number of amides is 2. The average Bonchev–Trinajstić information content (AvgIpc) is 3.40. The van der Waals surface area contributed by atoms with Crippen molar-refractivity contribution in [3.05, 3.63) is 65.0 Å². The van der Waals surface area contributed by atoms with E-state index in [1.165, 1.54) is 11.8 Å². The molecule has 0 bridgehead atoms. The summed E-state index contributed by atoms with van der Waals surface area (Å²) >= 11 is 7.10. The van der Waals surface area contributed by atoms with Crippen molar-refractivity contribution in [2.45, 2.75) is 30.9 Å². The van der Waals surface area contributed by atoms with Gasteiger partial charge < -0.3 is 14.6 Å². The van der Waals surface area contributed by atoms with Crippen LogP contribution in [0.4, 0.5) is 11.4 Å². The Morgan fingerprint density at radius 1 is 1.26 bits per heavy atom. The number of nitrogens with one attached hydrogen (secondary N) is 1. The second kappa shape index (κ2) is 9.53. The fourth-order valence-electron chi connectivity index (χ4n) is 3.38. The number of aryl methyl sites for hydroxylation is 1. The SMILES string of the molecule is CCc1cccc(NC(=O)CSc2nnc([C@H]3CC(=O)N(c4ccc(Cl)cc4)C3)o2)c1. The second-order valence-electron chi connectivity index (χ2n) is 7.18. The first-order valence-electron chi connectivity index (χ1n) is 9.92. The highest BCUT2D eigenvalue weighted by Gasteiger charge is 2.35. The molecule has 2 aromatic carbocycles. The Morgan fingerprint density at radius 3 is 2.84 bits per heavy atom. The van der Waals surface area contributed by atoms with Crippen LogP contribution in [0, 0.1) is 0 Å². The monoisotopic (exact) mass is 456 g/mol. The lowest BCUT2D eigenvalue weighted by Crippen LogP contribution is -2.24. The van der Waals surface area contributed by atoms with E-state index in [0.29, 0.717) is 29.1 Å². The normalized spacial score (nSPS) is 16.0. The molecule has 160 valence electrons. The molecule has 2 amide bonds. The maximum Gasteiger partial charge on any atom is 0.277 e. The third kappa shape index (κ3) is 5.26. The molecule has 1 aliphatic rings. The molecule has 1 aliphatic heterocycles. The van der Waals surface area contributed by atoms with Crippen LogP contribution in [0.15, 0.2) is 58.2 Å². The summed E-state index contributed by atoms with van der Waals surface area (Å²) in [7, 11) is 0. The number of aromatic nitrogens is 2. The summed E-state index contributed by atoms with van der Waals surface area (Å²) in [6.07, 6.45) is 1.20. The topological polar surface area (TPSA) is 88.3 Å².